The molecule has 8 heteroatoms. The third kappa shape index (κ3) is 3.86. The van der Waals surface area contributed by atoms with Crippen LogP contribution in [0.15, 0.2) is 42.5 Å². The van der Waals surface area contributed by atoms with Gasteiger partial charge in [0.2, 0.25) is 0 Å². The summed E-state index contributed by atoms with van der Waals surface area (Å²) in [6, 6.07) is 11.4. The van der Waals surface area contributed by atoms with Crippen LogP contribution in [-0.2, 0) is 0 Å². The number of nitro benzene ring substituents is 1. The molecule has 130 valence electrons. The molecule has 0 spiro atoms. The van der Waals surface area contributed by atoms with Gasteiger partial charge in [0.05, 0.1) is 4.92 Å². The molecule has 2 aromatic rings. The summed E-state index contributed by atoms with van der Waals surface area (Å²) in [6.45, 7) is 1.97. The molecule has 25 heavy (non-hydrogen) atoms. The number of rotatable bonds is 3. The smallest absolute Gasteiger partial charge is 0.292 e. The van der Waals surface area contributed by atoms with Gasteiger partial charge in [0, 0.05) is 47.9 Å². The topological polar surface area (TPSA) is 66.7 Å². The summed E-state index contributed by atoms with van der Waals surface area (Å²) in [7, 11) is 0. The summed E-state index contributed by atoms with van der Waals surface area (Å²) < 4.78 is 0. The molecule has 1 fully saturated rings. The number of hydrogen-bond acceptors (Lipinski definition) is 4. The second-order valence-electron chi connectivity index (χ2n) is 5.68. The SMILES string of the molecule is O=C(c1cc(Cl)cc(Cl)c1)N1CCN(c2ccccc2[N+](=O)[O-])CC1. The quantitative estimate of drug-likeness (QED) is 0.599. The van der Waals surface area contributed by atoms with E-state index in [1.165, 1.54) is 6.07 Å². The Morgan fingerprint density at radius 1 is 1.00 bits per heavy atom. The van der Waals surface area contributed by atoms with Gasteiger partial charge >= 0.3 is 0 Å². The fourth-order valence-corrected chi connectivity index (χ4v) is 3.42. The van der Waals surface area contributed by atoms with Gasteiger partial charge in [-0.2, -0.15) is 0 Å². The molecule has 1 amide bonds. The van der Waals surface area contributed by atoms with Crippen LogP contribution in [0.5, 0.6) is 0 Å². The molecule has 3 rings (SSSR count). The molecule has 2 aromatic carbocycles. The van der Waals surface area contributed by atoms with Crippen molar-refractivity contribution in [1.82, 2.24) is 4.90 Å². The van der Waals surface area contributed by atoms with Gasteiger partial charge in [-0.25, -0.2) is 0 Å². The molecule has 0 aliphatic carbocycles. The van der Waals surface area contributed by atoms with Gasteiger partial charge in [0.25, 0.3) is 11.6 Å². The van der Waals surface area contributed by atoms with Crippen LogP contribution in [0.1, 0.15) is 10.4 Å². The summed E-state index contributed by atoms with van der Waals surface area (Å²) in [5.74, 6) is -0.147. The molecule has 1 heterocycles. The molecular formula is C17H15Cl2N3O3. The zero-order valence-electron chi connectivity index (χ0n) is 13.2. The Hall–Kier alpha value is -2.31. The van der Waals surface area contributed by atoms with Crippen molar-refractivity contribution in [3.63, 3.8) is 0 Å². The normalized spacial score (nSPS) is 14.5. The first kappa shape index (κ1) is 17.5. The van der Waals surface area contributed by atoms with Crippen molar-refractivity contribution >= 4 is 40.5 Å². The summed E-state index contributed by atoms with van der Waals surface area (Å²) in [5.41, 5.74) is 1.09. The van der Waals surface area contributed by atoms with E-state index in [1.54, 1.807) is 41.3 Å². The Labute approximate surface area is 154 Å². The van der Waals surface area contributed by atoms with Crippen molar-refractivity contribution in [3.05, 3.63) is 68.2 Å². The standard InChI is InChI=1S/C17H15Cl2N3O3/c18-13-9-12(10-14(19)11-13)17(23)21-7-5-20(6-8-21)15-3-1-2-4-16(15)22(24)25/h1-4,9-11H,5-8H2. The maximum absolute atomic E-state index is 12.6. The van der Waals surface area contributed by atoms with Gasteiger partial charge in [-0.05, 0) is 24.3 Å². The van der Waals surface area contributed by atoms with Crippen LogP contribution < -0.4 is 4.90 Å². The van der Waals surface area contributed by atoms with Crippen molar-refractivity contribution in [2.45, 2.75) is 0 Å². The van der Waals surface area contributed by atoms with E-state index >= 15 is 0 Å². The van der Waals surface area contributed by atoms with Gasteiger partial charge in [0.15, 0.2) is 0 Å². The number of nitrogens with zero attached hydrogens (tertiary/aromatic N) is 3. The third-order valence-electron chi connectivity index (χ3n) is 4.10. The minimum Gasteiger partial charge on any atom is -0.362 e. The lowest BCUT2D eigenvalue weighted by atomic mass is 10.1. The van der Waals surface area contributed by atoms with E-state index in [9.17, 15) is 14.9 Å². The number of halogens is 2. The molecule has 1 saturated heterocycles. The monoisotopic (exact) mass is 379 g/mol. The molecule has 0 atom stereocenters. The van der Waals surface area contributed by atoms with Crippen LogP contribution in [0.25, 0.3) is 0 Å². The van der Waals surface area contributed by atoms with Crippen molar-refractivity contribution < 1.29 is 9.72 Å². The predicted octanol–water partition coefficient (Wildman–Crippen LogP) is 3.86. The highest BCUT2D eigenvalue weighted by atomic mass is 35.5. The van der Waals surface area contributed by atoms with E-state index in [1.807, 2.05) is 4.90 Å². The predicted molar refractivity (Wildman–Crippen MR) is 97.7 cm³/mol. The third-order valence-corrected chi connectivity index (χ3v) is 4.53. The van der Waals surface area contributed by atoms with Crippen molar-refractivity contribution in [2.24, 2.45) is 0 Å². The minimum atomic E-state index is -0.388. The lowest BCUT2D eigenvalue weighted by Crippen LogP contribution is -2.49. The van der Waals surface area contributed by atoms with Crippen LogP contribution >= 0.6 is 23.2 Å². The Kier molecular flexibility index (Phi) is 5.11. The number of hydrogen-bond donors (Lipinski definition) is 0. The second kappa shape index (κ2) is 7.29. The second-order valence-corrected chi connectivity index (χ2v) is 6.56. The van der Waals surface area contributed by atoms with E-state index in [0.717, 1.165) is 0 Å². The molecule has 0 N–H and O–H groups in total. The Morgan fingerprint density at radius 3 is 2.20 bits per heavy atom. The Morgan fingerprint density at radius 2 is 1.60 bits per heavy atom. The van der Waals surface area contributed by atoms with Crippen molar-refractivity contribution in [1.29, 1.82) is 0 Å². The van der Waals surface area contributed by atoms with Crippen LogP contribution in [0.2, 0.25) is 10.0 Å². The molecule has 1 aliphatic heterocycles. The highest BCUT2D eigenvalue weighted by molar-refractivity contribution is 6.35. The number of anilines is 1. The van der Waals surface area contributed by atoms with Crippen LogP contribution in [0.4, 0.5) is 11.4 Å². The first-order valence-corrected chi connectivity index (χ1v) is 8.45. The molecule has 0 radical (unpaired) electrons. The summed E-state index contributed by atoms with van der Waals surface area (Å²) in [5, 5.41) is 12.0. The Bertz CT molecular complexity index is 800. The lowest BCUT2D eigenvalue weighted by molar-refractivity contribution is -0.384. The van der Waals surface area contributed by atoms with Crippen LogP contribution in [-0.4, -0.2) is 41.9 Å². The summed E-state index contributed by atoms with van der Waals surface area (Å²) >= 11 is 11.9. The molecule has 1 aliphatic rings. The number of amides is 1. The van der Waals surface area contributed by atoms with Gasteiger partial charge in [-0.3, -0.25) is 14.9 Å². The van der Waals surface area contributed by atoms with Gasteiger partial charge in [0.1, 0.15) is 5.69 Å². The number of benzene rings is 2. The van der Waals surface area contributed by atoms with E-state index in [4.69, 9.17) is 23.2 Å². The maximum Gasteiger partial charge on any atom is 0.292 e. The van der Waals surface area contributed by atoms with Crippen molar-refractivity contribution in [2.75, 3.05) is 31.1 Å². The first-order chi connectivity index (χ1) is 12.0. The number of para-hydroxylation sites is 2. The van der Waals surface area contributed by atoms with E-state index < -0.39 is 0 Å². The average Bonchev–Trinajstić information content (AvgIpc) is 2.60. The number of piperazine rings is 1. The van der Waals surface area contributed by atoms with E-state index in [0.29, 0.717) is 47.5 Å². The average molecular weight is 380 g/mol. The highest BCUT2D eigenvalue weighted by Crippen LogP contribution is 2.28. The lowest BCUT2D eigenvalue weighted by Gasteiger charge is -2.35. The summed E-state index contributed by atoms with van der Waals surface area (Å²) in [6.07, 6.45) is 0. The van der Waals surface area contributed by atoms with Gasteiger partial charge < -0.3 is 9.80 Å². The van der Waals surface area contributed by atoms with Crippen LogP contribution in [0.3, 0.4) is 0 Å². The highest BCUT2D eigenvalue weighted by Gasteiger charge is 2.26. The van der Waals surface area contributed by atoms with E-state index in [-0.39, 0.29) is 16.5 Å². The van der Waals surface area contributed by atoms with Gasteiger partial charge in [-0.1, -0.05) is 35.3 Å². The summed E-state index contributed by atoms with van der Waals surface area (Å²) in [4.78, 5) is 27.0. The maximum atomic E-state index is 12.6. The number of carbonyl (C=O) groups excluding carboxylic acids is 1. The molecule has 0 unspecified atom stereocenters. The largest absolute Gasteiger partial charge is 0.362 e. The molecule has 0 aromatic heterocycles. The zero-order chi connectivity index (χ0) is 18.0. The first-order valence-electron chi connectivity index (χ1n) is 7.69. The number of nitro groups is 1. The zero-order valence-corrected chi connectivity index (χ0v) is 14.7. The van der Waals surface area contributed by atoms with Crippen molar-refractivity contribution in [3.8, 4) is 0 Å². The van der Waals surface area contributed by atoms with Gasteiger partial charge in [-0.15, -0.1) is 0 Å². The Balaban J connectivity index is 1.72. The van der Waals surface area contributed by atoms with Crippen LogP contribution in [0, 0.1) is 10.1 Å². The number of carbonyl (C=O) groups is 1. The fourth-order valence-electron chi connectivity index (χ4n) is 2.90. The molecule has 6 nitrogen and oxygen atoms in total. The van der Waals surface area contributed by atoms with E-state index in [2.05, 4.69) is 0 Å². The molecular weight excluding hydrogens is 365 g/mol. The molecule has 0 saturated carbocycles. The fraction of sp³-hybridized carbons (Fsp3) is 0.235. The minimum absolute atomic E-state index is 0.0731. The molecule has 0 bridgehead atoms.